The van der Waals surface area contributed by atoms with Gasteiger partial charge in [0, 0.05) is 18.6 Å². The van der Waals surface area contributed by atoms with Crippen molar-refractivity contribution in [1.82, 2.24) is 5.43 Å². The van der Waals surface area contributed by atoms with Gasteiger partial charge < -0.3 is 0 Å². The van der Waals surface area contributed by atoms with Crippen LogP contribution >= 0.6 is 0 Å². The summed E-state index contributed by atoms with van der Waals surface area (Å²) in [5.41, 5.74) is 4.93. The Bertz CT molecular complexity index is 710. The fraction of sp³-hybridized carbons (Fsp3) is 0.176. The number of amides is 1. The SMILES string of the molecule is C/C(=N\NC(=O)CCc1ccccc1)c1ccc([N+](=O)[O-])cc1. The average Bonchev–Trinajstić information content (AvgIpc) is 2.58. The third kappa shape index (κ3) is 5.03. The normalized spacial score (nSPS) is 11.1. The molecule has 0 bridgehead atoms. The lowest BCUT2D eigenvalue weighted by molar-refractivity contribution is -0.384. The van der Waals surface area contributed by atoms with Crippen molar-refractivity contribution in [2.45, 2.75) is 19.8 Å². The Labute approximate surface area is 134 Å². The van der Waals surface area contributed by atoms with Crippen molar-refractivity contribution in [1.29, 1.82) is 0 Å². The lowest BCUT2D eigenvalue weighted by atomic mass is 10.1. The Morgan fingerprint density at radius 3 is 2.39 bits per heavy atom. The number of non-ortho nitro benzene ring substituents is 1. The van der Waals surface area contributed by atoms with Gasteiger partial charge in [0.2, 0.25) is 5.91 Å². The smallest absolute Gasteiger partial charge is 0.269 e. The zero-order valence-corrected chi connectivity index (χ0v) is 12.7. The fourth-order valence-corrected chi connectivity index (χ4v) is 1.99. The Balaban J connectivity index is 1.88. The van der Waals surface area contributed by atoms with Gasteiger partial charge >= 0.3 is 0 Å². The van der Waals surface area contributed by atoms with E-state index in [4.69, 9.17) is 0 Å². The Morgan fingerprint density at radius 2 is 1.78 bits per heavy atom. The molecule has 0 unspecified atom stereocenters. The monoisotopic (exact) mass is 311 g/mol. The van der Waals surface area contributed by atoms with E-state index in [1.807, 2.05) is 30.3 Å². The van der Waals surface area contributed by atoms with E-state index in [0.29, 0.717) is 18.6 Å². The number of carbonyl (C=O) groups excluding carboxylic acids is 1. The van der Waals surface area contributed by atoms with Crippen LogP contribution in [-0.4, -0.2) is 16.5 Å². The highest BCUT2D eigenvalue weighted by Crippen LogP contribution is 2.12. The molecular weight excluding hydrogens is 294 g/mol. The van der Waals surface area contributed by atoms with Gasteiger partial charge in [-0.15, -0.1) is 0 Å². The maximum absolute atomic E-state index is 11.8. The minimum atomic E-state index is -0.457. The second-order valence-electron chi connectivity index (χ2n) is 5.02. The van der Waals surface area contributed by atoms with E-state index in [1.54, 1.807) is 19.1 Å². The number of hydrazone groups is 1. The summed E-state index contributed by atoms with van der Waals surface area (Å²) in [5, 5.41) is 14.6. The topological polar surface area (TPSA) is 84.6 Å². The predicted octanol–water partition coefficient (Wildman–Crippen LogP) is 3.07. The molecule has 0 aliphatic heterocycles. The first-order valence-corrected chi connectivity index (χ1v) is 7.18. The molecule has 0 saturated heterocycles. The number of nitro groups is 1. The van der Waals surface area contributed by atoms with Gasteiger partial charge in [0.25, 0.3) is 5.69 Å². The summed E-state index contributed by atoms with van der Waals surface area (Å²) in [5.74, 6) is -0.171. The van der Waals surface area contributed by atoms with Crippen LogP contribution in [0.2, 0.25) is 0 Å². The fourth-order valence-electron chi connectivity index (χ4n) is 1.99. The summed E-state index contributed by atoms with van der Waals surface area (Å²) in [6.07, 6.45) is 1.000. The number of rotatable bonds is 6. The van der Waals surface area contributed by atoms with Crippen molar-refractivity contribution < 1.29 is 9.72 Å². The molecule has 1 N–H and O–H groups in total. The van der Waals surface area contributed by atoms with Gasteiger partial charge in [0.05, 0.1) is 10.6 Å². The molecule has 2 aromatic carbocycles. The van der Waals surface area contributed by atoms with Crippen LogP contribution in [0.15, 0.2) is 59.7 Å². The molecule has 0 radical (unpaired) electrons. The molecule has 6 nitrogen and oxygen atoms in total. The molecule has 0 saturated carbocycles. The van der Waals surface area contributed by atoms with Gasteiger partial charge in [-0.2, -0.15) is 5.10 Å². The van der Waals surface area contributed by atoms with Crippen LogP contribution in [-0.2, 0) is 11.2 Å². The second-order valence-corrected chi connectivity index (χ2v) is 5.02. The van der Waals surface area contributed by atoms with Gasteiger partial charge in [-0.25, -0.2) is 5.43 Å². The molecule has 0 aliphatic rings. The van der Waals surface area contributed by atoms with Gasteiger partial charge in [0.15, 0.2) is 0 Å². The van der Waals surface area contributed by atoms with Crippen molar-refractivity contribution in [3.63, 3.8) is 0 Å². The number of aryl methyl sites for hydroxylation is 1. The van der Waals surface area contributed by atoms with E-state index in [0.717, 1.165) is 11.1 Å². The summed E-state index contributed by atoms with van der Waals surface area (Å²) < 4.78 is 0. The Morgan fingerprint density at radius 1 is 1.13 bits per heavy atom. The van der Waals surface area contributed by atoms with Crippen LogP contribution in [0, 0.1) is 10.1 Å². The quantitative estimate of drug-likeness (QED) is 0.505. The van der Waals surface area contributed by atoms with Gasteiger partial charge in [0.1, 0.15) is 0 Å². The largest absolute Gasteiger partial charge is 0.273 e. The third-order valence-corrected chi connectivity index (χ3v) is 3.33. The van der Waals surface area contributed by atoms with E-state index in [-0.39, 0.29) is 11.6 Å². The van der Waals surface area contributed by atoms with Crippen molar-refractivity contribution in [2.24, 2.45) is 5.10 Å². The molecule has 0 aromatic heterocycles. The van der Waals surface area contributed by atoms with E-state index >= 15 is 0 Å². The van der Waals surface area contributed by atoms with E-state index < -0.39 is 4.92 Å². The van der Waals surface area contributed by atoms with E-state index in [9.17, 15) is 14.9 Å². The number of hydrogen-bond donors (Lipinski definition) is 1. The van der Waals surface area contributed by atoms with Crippen molar-refractivity contribution >= 4 is 17.3 Å². The number of nitrogens with one attached hydrogen (secondary N) is 1. The molecule has 2 rings (SSSR count). The lowest BCUT2D eigenvalue weighted by Gasteiger charge is -2.03. The van der Waals surface area contributed by atoms with Crippen LogP contribution in [0.1, 0.15) is 24.5 Å². The highest BCUT2D eigenvalue weighted by molar-refractivity contribution is 5.99. The minimum Gasteiger partial charge on any atom is -0.273 e. The van der Waals surface area contributed by atoms with E-state index in [2.05, 4.69) is 10.5 Å². The predicted molar refractivity (Wildman–Crippen MR) is 88.2 cm³/mol. The molecule has 1 amide bonds. The first-order chi connectivity index (χ1) is 11.1. The van der Waals surface area contributed by atoms with Crippen molar-refractivity contribution in [2.75, 3.05) is 0 Å². The lowest BCUT2D eigenvalue weighted by Crippen LogP contribution is -2.19. The van der Waals surface area contributed by atoms with Gasteiger partial charge in [-0.3, -0.25) is 14.9 Å². The average molecular weight is 311 g/mol. The van der Waals surface area contributed by atoms with E-state index in [1.165, 1.54) is 12.1 Å². The second kappa shape index (κ2) is 7.84. The molecule has 118 valence electrons. The number of nitro benzene ring substituents is 1. The zero-order valence-electron chi connectivity index (χ0n) is 12.7. The summed E-state index contributed by atoms with van der Waals surface area (Å²) in [6.45, 7) is 1.73. The number of nitrogens with zero attached hydrogens (tertiary/aromatic N) is 2. The van der Waals surface area contributed by atoms with Crippen LogP contribution in [0.5, 0.6) is 0 Å². The summed E-state index contributed by atoms with van der Waals surface area (Å²) in [4.78, 5) is 21.9. The molecule has 23 heavy (non-hydrogen) atoms. The number of benzene rings is 2. The van der Waals surface area contributed by atoms with Crippen LogP contribution in [0.4, 0.5) is 5.69 Å². The first-order valence-electron chi connectivity index (χ1n) is 7.18. The standard InChI is InChI=1S/C17H17N3O3/c1-13(15-8-10-16(11-9-15)20(22)23)18-19-17(21)12-7-14-5-3-2-4-6-14/h2-6,8-11H,7,12H2,1H3,(H,19,21)/b18-13+. The highest BCUT2D eigenvalue weighted by atomic mass is 16.6. The highest BCUT2D eigenvalue weighted by Gasteiger charge is 2.06. The number of hydrogen-bond acceptors (Lipinski definition) is 4. The third-order valence-electron chi connectivity index (χ3n) is 3.33. The first kappa shape index (κ1) is 16.4. The molecule has 2 aromatic rings. The molecule has 6 heteroatoms. The van der Waals surface area contributed by atoms with Crippen molar-refractivity contribution in [3.8, 4) is 0 Å². The maximum atomic E-state index is 11.8. The summed E-state index contributed by atoms with van der Waals surface area (Å²) in [7, 11) is 0. The van der Waals surface area contributed by atoms with Crippen LogP contribution < -0.4 is 5.43 Å². The van der Waals surface area contributed by atoms with Crippen LogP contribution in [0.25, 0.3) is 0 Å². The summed E-state index contributed by atoms with van der Waals surface area (Å²) in [6, 6.07) is 15.8. The summed E-state index contributed by atoms with van der Waals surface area (Å²) >= 11 is 0. The molecule has 0 spiro atoms. The Kier molecular flexibility index (Phi) is 5.57. The number of carbonyl (C=O) groups is 1. The molecular formula is C17H17N3O3. The molecule has 0 heterocycles. The zero-order chi connectivity index (χ0) is 16.7. The van der Waals surface area contributed by atoms with Crippen LogP contribution in [0.3, 0.4) is 0 Å². The van der Waals surface area contributed by atoms with Gasteiger partial charge in [-0.1, -0.05) is 30.3 Å². The molecule has 0 aliphatic carbocycles. The van der Waals surface area contributed by atoms with Crippen molar-refractivity contribution in [3.05, 3.63) is 75.8 Å². The molecule has 0 atom stereocenters. The minimum absolute atomic E-state index is 0.0217. The maximum Gasteiger partial charge on any atom is 0.269 e. The molecule has 0 fully saturated rings. The van der Waals surface area contributed by atoms with Gasteiger partial charge in [-0.05, 0) is 36.6 Å². The Hall–Kier alpha value is -3.02.